The highest BCUT2D eigenvalue weighted by Gasteiger charge is 2.46. The number of carbonyl (C=O) groups is 2. The Morgan fingerprint density at radius 3 is 2.18 bits per heavy atom. The van der Waals surface area contributed by atoms with Gasteiger partial charge < -0.3 is 29.0 Å². The summed E-state index contributed by atoms with van der Waals surface area (Å²) >= 11 is 0. The summed E-state index contributed by atoms with van der Waals surface area (Å²) in [5, 5.41) is 11.4. The van der Waals surface area contributed by atoms with Crippen LogP contribution in [0, 0.1) is 5.92 Å². The average molecular weight is 533 g/mol. The van der Waals surface area contributed by atoms with Crippen molar-refractivity contribution >= 4 is 17.4 Å². The maximum Gasteiger partial charge on any atom is 0.296 e. The molecule has 1 aromatic heterocycles. The Bertz CT molecular complexity index is 1340. The van der Waals surface area contributed by atoms with Crippen LogP contribution in [0.1, 0.15) is 36.7 Å². The predicted octanol–water partition coefficient (Wildman–Crippen LogP) is 4.76. The number of methoxy groups -OCH3 is 3. The van der Waals surface area contributed by atoms with Crippen LogP contribution in [0.3, 0.4) is 0 Å². The fourth-order valence-corrected chi connectivity index (χ4v) is 4.44. The molecule has 39 heavy (non-hydrogen) atoms. The molecule has 1 aliphatic heterocycles. The third-order valence-corrected chi connectivity index (χ3v) is 6.31. The molecule has 2 aromatic carbocycles. The molecule has 1 fully saturated rings. The zero-order valence-corrected chi connectivity index (χ0v) is 22.6. The first-order chi connectivity index (χ1) is 18.8. The molecule has 1 unspecified atom stereocenters. The van der Waals surface area contributed by atoms with E-state index in [4.69, 9.17) is 18.9 Å². The molecular formula is C30H32N2O7. The zero-order valence-electron chi connectivity index (χ0n) is 22.6. The van der Waals surface area contributed by atoms with Gasteiger partial charge in [-0.15, -0.1) is 0 Å². The summed E-state index contributed by atoms with van der Waals surface area (Å²) in [6.45, 7) is 4.69. The Labute approximate surface area is 227 Å². The lowest BCUT2D eigenvalue weighted by Crippen LogP contribution is -2.29. The molecule has 204 valence electrons. The molecule has 0 saturated carbocycles. The third-order valence-electron chi connectivity index (χ3n) is 6.31. The first-order valence-corrected chi connectivity index (χ1v) is 12.5. The normalized spacial score (nSPS) is 16.5. The van der Waals surface area contributed by atoms with Crippen molar-refractivity contribution in [1.29, 1.82) is 0 Å². The topological polar surface area (TPSA) is 107 Å². The Morgan fingerprint density at radius 2 is 1.64 bits per heavy atom. The number of aliphatic hydroxyl groups is 1. The minimum atomic E-state index is -0.947. The van der Waals surface area contributed by atoms with Gasteiger partial charge in [0.05, 0.1) is 51.8 Å². The highest BCUT2D eigenvalue weighted by molar-refractivity contribution is 6.46. The highest BCUT2D eigenvalue weighted by Crippen LogP contribution is 2.46. The van der Waals surface area contributed by atoms with Gasteiger partial charge in [-0.25, -0.2) is 0 Å². The van der Waals surface area contributed by atoms with Gasteiger partial charge in [0.15, 0.2) is 11.5 Å². The lowest BCUT2D eigenvalue weighted by molar-refractivity contribution is -0.140. The largest absolute Gasteiger partial charge is 0.507 e. The van der Waals surface area contributed by atoms with Crippen molar-refractivity contribution in [1.82, 2.24) is 9.88 Å². The molecule has 1 saturated heterocycles. The molecule has 1 amide bonds. The summed E-state index contributed by atoms with van der Waals surface area (Å²) in [6, 6.07) is 14.5. The highest BCUT2D eigenvalue weighted by atomic mass is 16.5. The van der Waals surface area contributed by atoms with Crippen molar-refractivity contribution in [3.8, 4) is 23.0 Å². The van der Waals surface area contributed by atoms with Gasteiger partial charge >= 0.3 is 0 Å². The summed E-state index contributed by atoms with van der Waals surface area (Å²) in [4.78, 5) is 32.5. The van der Waals surface area contributed by atoms with Crippen LogP contribution < -0.4 is 18.9 Å². The molecule has 1 aliphatic rings. The molecule has 9 nitrogen and oxygen atoms in total. The van der Waals surface area contributed by atoms with Crippen LogP contribution in [0.25, 0.3) is 5.76 Å². The lowest BCUT2D eigenvalue weighted by atomic mass is 9.94. The van der Waals surface area contributed by atoms with Gasteiger partial charge in [0.1, 0.15) is 11.5 Å². The second-order valence-electron chi connectivity index (χ2n) is 9.44. The summed E-state index contributed by atoms with van der Waals surface area (Å²) in [7, 11) is 4.45. The average Bonchev–Trinajstić information content (AvgIpc) is 3.20. The van der Waals surface area contributed by atoms with Crippen molar-refractivity contribution in [3.05, 3.63) is 83.2 Å². The summed E-state index contributed by atoms with van der Waals surface area (Å²) < 4.78 is 22.2. The Hall–Kier alpha value is -4.53. The monoisotopic (exact) mass is 532 g/mol. The fourth-order valence-electron chi connectivity index (χ4n) is 4.44. The number of Topliss-reactive ketones (excluding diaryl/α,β-unsaturated/α-hetero) is 1. The van der Waals surface area contributed by atoms with E-state index in [2.05, 4.69) is 4.98 Å². The zero-order chi connectivity index (χ0) is 28.1. The molecule has 2 heterocycles. The van der Waals surface area contributed by atoms with Crippen molar-refractivity contribution in [3.63, 3.8) is 0 Å². The van der Waals surface area contributed by atoms with Crippen molar-refractivity contribution < 1.29 is 33.6 Å². The van der Waals surface area contributed by atoms with E-state index in [-0.39, 0.29) is 17.9 Å². The van der Waals surface area contributed by atoms with E-state index in [1.807, 2.05) is 13.8 Å². The van der Waals surface area contributed by atoms with E-state index < -0.39 is 17.7 Å². The molecule has 0 bridgehead atoms. The smallest absolute Gasteiger partial charge is 0.296 e. The number of aromatic nitrogens is 1. The minimum absolute atomic E-state index is 0.0471. The number of pyridine rings is 1. The van der Waals surface area contributed by atoms with Crippen LogP contribution in [0.2, 0.25) is 0 Å². The van der Waals surface area contributed by atoms with E-state index >= 15 is 0 Å². The second-order valence-corrected chi connectivity index (χ2v) is 9.44. The number of amides is 1. The van der Waals surface area contributed by atoms with Crippen LogP contribution >= 0.6 is 0 Å². The van der Waals surface area contributed by atoms with Crippen molar-refractivity contribution in [2.75, 3.05) is 27.9 Å². The standard InChI is InChI=1S/C30H32N2O7/c1-18(2)17-39-22-11-9-19(10-12-22)27(33)25-26(20-14-23(36-3)29(38-5)24(15-20)37-4)32(30(35)28(25)34)16-21-8-6-7-13-31-21/h6-15,18,26,33H,16-17H2,1-5H3/b27-25+. The molecule has 0 radical (unpaired) electrons. The number of carbonyl (C=O) groups excluding carboxylic acids is 2. The first kappa shape index (κ1) is 27.5. The maximum absolute atomic E-state index is 13.4. The Balaban J connectivity index is 1.86. The minimum Gasteiger partial charge on any atom is -0.507 e. The number of nitrogens with zero attached hydrogens (tertiary/aromatic N) is 2. The van der Waals surface area contributed by atoms with E-state index in [9.17, 15) is 14.7 Å². The Kier molecular flexibility index (Phi) is 8.39. The summed E-state index contributed by atoms with van der Waals surface area (Å²) in [5.74, 6) is 0.195. The maximum atomic E-state index is 13.4. The number of hydrogen-bond acceptors (Lipinski definition) is 8. The molecule has 1 N–H and O–H groups in total. The second kappa shape index (κ2) is 11.9. The quantitative estimate of drug-likeness (QED) is 0.226. The van der Waals surface area contributed by atoms with Crippen molar-refractivity contribution in [2.24, 2.45) is 5.92 Å². The van der Waals surface area contributed by atoms with Crippen molar-refractivity contribution in [2.45, 2.75) is 26.4 Å². The third kappa shape index (κ3) is 5.67. The lowest BCUT2D eigenvalue weighted by Gasteiger charge is -2.26. The molecule has 0 aliphatic carbocycles. The summed E-state index contributed by atoms with van der Waals surface area (Å²) in [6.07, 6.45) is 1.61. The fraction of sp³-hybridized carbons (Fsp3) is 0.300. The number of aliphatic hydroxyl groups excluding tert-OH is 1. The van der Waals surface area contributed by atoms with Gasteiger partial charge in [0.2, 0.25) is 5.75 Å². The van der Waals surface area contributed by atoms with E-state index in [1.165, 1.54) is 26.2 Å². The molecule has 3 aromatic rings. The molecule has 4 rings (SSSR count). The van der Waals surface area contributed by atoms with Crippen LogP contribution in [0.4, 0.5) is 0 Å². The number of ether oxygens (including phenoxy) is 4. The van der Waals surface area contributed by atoms with E-state index in [1.54, 1.807) is 60.8 Å². The van der Waals surface area contributed by atoms with Crippen LogP contribution in [-0.4, -0.2) is 54.6 Å². The van der Waals surface area contributed by atoms with E-state index in [0.717, 1.165) is 0 Å². The molecule has 0 spiro atoms. The Morgan fingerprint density at radius 1 is 0.974 bits per heavy atom. The van der Waals surface area contributed by atoms with Gasteiger partial charge in [-0.3, -0.25) is 14.6 Å². The number of ketones is 1. The van der Waals surface area contributed by atoms with Gasteiger partial charge in [0, 0.05) is 11.8 Å². The van der Waals surface area contributed by atoms with Gasteiger partial charge in [-0.05, 0) is 60.0 Å². The van der Waals surface area contributed by atoms with Crippen LogP contribution in [0.5, 0.6) is 23.0 Å². The number of benzene rings is 2. The number of likely N-dealkylation sites (tertiary alicyclic amines) is 1. The van der Waals surface area contributed by atoms with E-state index in [0.29, 0.717) is 52.3 Å². The number of rotatable bonds is 10. The SMILES string of the molecule is COc1cc(C2/C(=C(\O)c3ccc(OCC(C)C)cc3)C(=O)C(=O)N2Cc2ccccn2)cc(OC)c1OC. The summed E-state index contributed by atoms with van der Waals surface area (Å²) in [5.41, 5.74) is 1.41. The van der Waals surface area contributed by atoms with Crippen LogP contribution in [0.15, 0.2) is 66.4 Å². The first-order valence-electron chi connectivity index (χ1n) is 12.5. The number of hydrogen-bond donors (Lipinski definition) is 1. The molecule has 1 atom stereocenters. The predicted molar refractivity (Wildman–Crippen MR) is 145 cm³/mol. The molecular weight excluding hydrogens is 500 g/mol. The molecule has 9 heteroatoms. The van der Waals surface area contributed by atoms with Crippen LogP contribution in [-0.2, 0) is 16.1 Å². The van der Waals surface area contributed by atoms with Gasteiger partial charge in [-0.2, -0.15) is 0 Å². The van der Waals surface area contributed by atoms with Gasteiger partial charge in [0.25, 0.3) is 11.7 Å². The van der Waals surface area contributed by atoms with Gasteiger partial charge in [-0.1, -0.05) is 19.9 Å².